The molecule has 2 aromatic heterocycles. The van der Waals surface area contributed by atoms with Gasteiger partial charge in [0, 0.05) is 37.1 Å². The van der Waals surface area contributed by atoms with E-state index < -0.39 is 0 Å². The van der Waals surface area contributed by atoms with Crippen molar-refractivity contribution in [3.63, 3.8) is 0 Å². The molecule has 2 heterocycles. The van der Waals surface area contributed by atoms with Crippen molar-refractivity contribution in [1.82, 2.24) is 15.3 Å². The first kappa shape index (κ1) is 17.7. The predicted octanol–water partition coefficient (Wildman–Crippen LogP) is 3.84. The molecule has 0 saturated carbocycles. The van der Waals surface area contributed by atoms with Crippen molar-refractivity contribution in [2.24, 2.45) is 0 Å². The number of aryl methyl sites for hydroxylation is 2. The number of nitrogens with one attached hydrogen (secondary N) is 1. The summed E-state index contributed by atoms with van der Waals surface area (Å²) in [6.07, 6.45) is 6.13. The number of aromatic nitrogens is 2. The Kier molecular flexibility index (Phi) is 5.69. The highest BCUT2D eigenvalue weighted by atomic mass is 19.1. The van der Waals surface area contributed by atoms with E-state index in [0.717, 1.165) is 22.4 Å². The molecule has 132 valence electrons. The third kappa shape index (κ3) is 4.51. The van der Waals surface area contributed by atoms with E-state index in [9.17, 15) is 9.18 Å². The molecule has 26 heavy (non-hydrogen) atoms. The van der Waals surface area contributed by atoms with Gasteiger partial charge >= 0.3 is 0 Å². The van der Waals surface area contributed by atoms with E-state index in [4.69, 9.17) is 0 Å². The molecule has 5 heteroatoms. The third-order valence-corrected chi connectivity index (χ3v) is 4.17. The SMILES string of the molecule is Cc1cc(CCC(=O)NCc2cccnc2-c2cccnc2)ccc1F. The molecule has 1 aromatic carbocycles. The zero-order chi connectivity index (χ0) is 18.4. The van der Waals surface area contributed by atoms with E-state index in [1.807, 2.05) is 24.3 Å². The second kappa shape index (κ2) is 8.34. The zero-order valence-corrected chi connectivity index (χ0v) is 14.6. The van der Waals surface area contributed by atoms with Crippen molar-refractivity contribution in [2.75, 3.05) is 0 Å². The monoisotopic (exact) mass is 349 g/mol. The average molecular weight is 349 g/mol. The van der Waals surface area contributed by atoms with Crippen LogP contribution in [-0.2, 0) is 17.8 Å². The van der Waals surface area contributed by atoms with Crippen LogP contribution in [0.1, 0.15) is 23.1 Å². The minimum absolute atomic E-state index is 0.0482. The maximum absolute atomic E-state index is 13.3. The van der Waals surface area contributed by atoms with E-state index in [2.05, 4.69) is 15.3 Å². The highest BCUT2D eigenvalue weighted by molar-refractivity contribution is 5.76. The number of hydrogen-bond acceptors (Lipinski definition) is 3. The van der Waals surface area contributed by atoms with Gasteiger partial charge in [0.1, 0.15) is 5.82 Å². The molecule has 0 bridgehead atoms. The van der Waals surface area contributed by atoms with Crippen LogP contribution in [-0.4, -0.2) is 15.9 Å². The van der Waals surface area contributed by atoms with Crippen LogP contribution >= 0.6 is 0 Å². The van der Waals surface area contributed by atoms with E-state index in [-0.39, 0.29) is 11.7 Å². The Labute approximate surface area is 152 Å². The van der Waals surface area contributed by atoms with E-state index in [1.54, 1.807) is 37.6 Å². The minimum Gasteiger partial charge on any atom is -0.352 e. The summed E-state index contributed by atoms with van der Waals surface area (Å²) in [5.74, 6) is -0.273. The summed E-state index contributed by atoms with van der Waals surface area (Å²) >= 11 is 0. The highest BCUT2D eigenvalue weighted by Gasteiger charge is 2.09. The van der Waals surface area contributed by atoms with Crippen molar-refractivity contribution in [3.8, 4) is 11.3 Å². The zero-order valence-electron chi connectivity index (χ0n) is 14.6. The van der Waals surface area contributed by atoms with Gasteiger partial charge in [0.2, 0.25) is 5.91 Å². The van der Waals surface area contributed by atoms with Crippen LogP contribution in [0.2, 0.25) is 0 Å². The van der Waals surface area contributed by atoms with E-state index >= 15 is 0 Å². The van der Waals surface area contributed by atoms with Crippen LogP contribution in [0.25, 0.3) is 11.3 Å². The lowest BCUT2D eigenvalue weighted by Crippen LogP contribution is -2.23. The second-order valence-electron chi connectivity index (χ2n) is 6.11. The summed E-state index contributed by atoms with van der Waals surface area (Å²) in [7, 11) is 0. The molecule has 0 unspecified atom stereocenters. The molecule has 1 amide bonds. The van der Waals surface area contributed by atoms with Gasteiger partial charge in [0.05, 0.1) is 5.69 Å². The average Bonchev–Trinajstić information content (AvgIpc) is 2.68. The highest BCUT2D eigenvalue weighted by Crippen LogP contribution is 2.19. The fourth-order valence-corrected chi connectivity index (χ4v) is 2.75. The lowest BCUT2D eigenvalue weighted by molar-refractivity contribution is -0.121. The van der Waals surface area contributed by atoms with Gasteiger partial charge in [-0.25, -0.2) is 4.39 Å². The van der Waals surface area contributed by atoms with E-state index in [0.29, 0.717) is 24.9 Å². The number of amides is 1. The van der Waals surface area contributed by atoms with Gasteiger partial charge < -0.3 is 5.32 Å². The lowest BCUT2D eigenvalue weighted by Gasteiger charge is -2.10. The summed E-state index contributed by atoms with van der Waals surface area (Å²) in [6.45, 7) is 2.13. The van der Waals surface area contributed by atoms with Crippen LogP contribution in [0.3, 0.4) is 0 Å². The Balaban J connectivity index is 1.59. The molecule has 0 spiro atoms. The Morgan fingerprint density at radius 3 is 2.77 bits per heavy atom. The standard InChI is InChI=1S/C21H20FN3O/c1-15-12-16(6-8-19(15)22)7-9-20(26)25-14-18-5-3-11-24-21(18)17-4-2-10-23-13-17/h2-6,8,10-13H,7,9,14H2,1H3,(H,25,26). The maximum atomic E-state index is 13.3. The molecule has 0 atom stereocenters. The van der Waals surface area contributed by atoms with Crippen LogP contribution in [0.5, 0.6) is 0 Å². The summed E-state index contributed by atoms with van der Waals surface area (Å²) in [4.78, 5) is 20.7. The molecule has 0 fully saturated rings. The molecule has 1 N–H and O–H groups in total. The van der Waals surface area contributed by atoms with Crippen LogP contribution in [0, 0.1) is 12.7 Å². The molecule has 3 aromatic rings. The molecule has 3 rings (SSSR count). The minimum atomic E-state index is -0.224. The number of halogens is 1. The summed E-state index contributed by atoms with van der Waals surface area (Å²) in [6, 6.07) is 12.5. The largest absolute Gasteiger partial charge is 0.352 e. The van der Waals surface area contributed by atoms with Gasteiger partial charge in [-0.2, -0.15) is 0 Å². The first-order chi connectivity index (χ1) is 12.6. The molecular formula is C21H20FN3O. The van der Waals surface area contributed by atoms with Crippen LogP contribution < -0.4 is 5.32 Å². The van der Waals surface area contributed by atoms with Gasteiger partial charge in [-0.3, -0.25) is 14.8 Å². The molecule has 0 aliphatic carbocycles. The number of carbonyl (C=O) groups excluding carboxylic acids is 1. The Morgan fingerprint density at radius 2 is 2.00 bits per heavy atom. The summed E-state index contributed by atoms with van der Waals surface area (Å²) in [5, 5.41) is 2.93. The predicted molar refractivity (Wildman–Crippen MR) is 98.8 cm³/mol. The summed E-state index contributed by atoms with van der Waals surface area (Å²) in [5.41, 5.74) is 4.22. The fraction of sp³-hybridized carbons (Fsp3) is 0.190. The Bertz CT molecular complexity index is 897. The molecule has 0 radical (unpaired) electrons. The van der Waals surface area contributed by atoms with Gasteiger partial charge in [0.15, 0.2) is 0 Å². The van der Waals surface area contributed by atoms with Gasteiger partial charge in [-0.15, -0.1) is 0 Å². The molecular weight excluding hydrogens is 329 g/mol. The van der Waals surface area contributed by atoms with Gasteiger partial charge in [0.25, 0.3) is 0 Å². The number of nitrogens with zero attached hydrogens (tertiary/aromatic N) is 2. The Hall–Kier alpha value is -3.08. The van der Waals surface area contributed by atoms with Crippen molar-refractivity contribution < 1.29 is 9.18 Å². The fourth-order valence-electron chi connectivity index (χ4n) is 2.75. The van der Waals surface area contributed by atoms with Crippen LogP contribution in [0.15, 0.2) is 61.1 Å². The maximum Gasteiger partial charge on any atom is 0.220 e. The van der Waals surface area contributed by atoms with Crippen molar-refractivity contribution in [1.29, 1.82) is 0 Å². The number of carbonyl (C=O) groups is 1. The quantitative estimate of drug-likeness (QED) is 0.736. The van der Waals surface area contributed by atoms with E-state index in [1.165, 1.54) is 6.07 Å². The van der Waals surface area contributed by atoms with Gasteiger partial charge in [-0.1, -0.05) is 18.2 Å². The number of benzene rings is 1. The van der Waals surface area contributed by atoms with Gasteiger partial charge in [-0.05, 0) is 54.3 Å². The van der Waals surface area contributed by atoms with Crippen molar-refractivity contribution in [3.05, 3.63) is 83.6 Å². The topological polar surface area (TPSA) is 54.9 Å². The third-order valence-electron chi connectivity index (χ3n) is 4.17. The van der Waals surface area contributed by atoms with Crippen molar-refractivity contribution >= 4 is 5.91 Å². The molecule has 0 aliphatic rings. The normalized spacial score (nSPS) is 10.5. The second-order valence-corrected chi connectivity index (χ2v) is 6.11. The smallest absolute Gasteiger partial charge is 0.220 e. The van der Waals surface area contributed by atoms with Crippen molar-refractivity contribution in [2.45, 2.75) is 26.3 Å². The summed E-state index contributed by atoms with van der Waals surface area (Å²) < 4.78 is 13.3. The Morgan fingerprint density at radius 1 is 1.15 bits per heavy atom. The first-order valence-electron chi connectivity index (χ1n) is 8.49. The lowest BCUT2D eigenvalue weighted by atomic mass is 10.1. The molecule has 0 aliphatic heterocycles. The molecule has 4 nitrogen and oxygen atoms in total. The molecule has 0 saturated heterocycles. The first-order valence-corrected chi connectivity index (χ1v) is 8.49. The number of hydrogen-bond donors (Lipinski definition) is 1. The number of pyridine rings is 2. The number of rotatable bonds is 6. The van der Waals surface area contributed by atoms with Crippen LogP contribution in [0.4, 0.5) is 4.39 Å².